The van der Waals surface area contributed by atoms with Crippen LogP contribution in [0.4, 0.5) is 0 Å². The third kappa shape index (κ3) is 3.49. The van der Waals surface area contributed by atoms with Gasteiger partial charge in [-0.3, -0.25) is 14.5 Å². The Morgan fingerprint density at radius 1 is 1.17 bits per heavy atom. The number of fused-ring (bicyclic) bond motifs is 2. The summed E-state index contributed by atoms with van der Waals surface area (Å²) in [7, 11) is 0. The zero-order valence-electron chi connectivity index (χ0n) is 16.2. The summed E-state index contributed by atoms with van der Waals surface area (Å²) in [5, 5.41) is 12.2. The first-order chi connectivity index (χ1) is 14.2. The molecule has 0 radical (unpaired) electrons. The molecule has 1 amide bonds. The number of piperidine rings is 2. The number of hydrogen-bond donors (Lipinski definition) is 1. The van der Waals surface area contributed by atoms with E-state index in [0.29, 0.717) is 22.4 Å². The van der Waals surface area contributed by atoms with Crippen LogP contribution in [0.1, 0.15) is 35.3 Å². The smallest absolute Gasteiger partial charge is 0.275 e. The number of nitrogens with one attached hydrogen (secondary N) is 1. The summed E-state index contributed by atoms with van der Waals surface area (Å²) >= 11 is 1.74. The van der Waals surface area contributed by atoms with E-state index < -0.39 is 0 Å². The number of H-pyrrole nitrogens is 1. The predicted molar refractivity (Wildman–Crippen MR) is 114 cm³/mol. The van der Waals surface area contributed by atoms with Gasteiger partial charge >= 0.3 is 0 Å². The highest BCUT2D eigenvalue weighted by Gasteiger charge is 2.39. The number of likely N-dealkylation sites (tertiary alicyclic amines) is 2. The highest BCUT2D eigenvalue weighted by atomic mass is 32.1. The van der Waals surface area contributed by atoms with Crippen molar-refractivity contribution < 1.29 is 4.79 Å². The maximum Gasteiger partial charge on any atom is 0.275 e. The molecule has 5 rings (SSSR count). The highest BCUT2D eigenvalue weighted by molar-refractivity contribution is 7.07. The van der Waals surface area contributed by atoms with Crippen molar-refractivity contribution in [2.45, 2.75) is 31.8 Å². The standard InChI is InChI=1S/C22H24N4O2S/c27-21-18-6-2-1-5-17(18)20(23-24-21)22(28)26-9-3-4-16-13-25(10-7-19(16)26)12-15-8-11-29-14-15/h1-2,5-6,8,11,14,16,19H,3-4,7,9-10,12-13H2,(H,24,27)/t16-,19-/m1/s1. The lowest BCUT2D eigenvalue weighted by molar-refractivity contribution is 0.0181. The Bertz CT molecular complexity index is 1080. The minimum atomic E-state index is -0.254. The summed E-state index contributed by atoms with van der Waals surface area (Å²) in [4.78, 5) is 30.1. The van der Waals surface area contributed by atoms with Gasteiger partial charge in [0.1, 0.15) is 0 Å². The average molecular weight is 409 g/mol. The van der Waals surface area contributed by atoms with E-state index >= 15 is 0 Å². The molecule has 2 aliphatic heterocycles. The molecule has 2 saturated heterocycles. The number of benzene rings is 1. The van der Waals surface area contributed by atoms with E-state index in [1.54, 1.807) is 17.4 Å². The van der Waals surface area contributed by atoms with Gasteiger partial charge in [-0.05, 0) is 53.6 Å². The van der Waals surface area contributed by atoms with Crippen LogP contribution in [0.3, 0.4) is 0 Å². The molecule has 4 heterocycles. The second kappa shape index (κ2) is 7.72. The molecule has 0 aliphatic carbocycles. The van der Waals surface area contributed by atoms with E-state index in [1.165, 1.54) is 5.56 Å². The molecule has 0 spiro atoms. The first-order valence-electron chi connectivity index (χ1n) is 10.2. The third-order valence-corrected chi connectivity index (χ3v) is 7.03. The van der Waals surface area contributed by atoms with Crippen molar-refractivity contribution in [2.75, 3.05) is 19.6 Å². The molecule has 29 heavy (non-hydrogen) atoms. The molecule has 0 bridgehead atoms. The zero-order chi connectivity index (χ0) is 19.8. The number of rotatable bonds is 3. The fourth-order valence-electron chi connectivity index (χ4n) is 4.93. The largest absolute Gasteiger partial charge is 0.334 e. The second-order valence-corrected chi connectivity index (χ2v) is 8.85. The molecule has 150 valence electrons. The van der Waals surface area contributed by atoms with Crippen molar-refractivity contribution in [1.82, 2.24) is 20.0 Å². The van der Waals surface area contributed by atoms with Crippen molar-refractivity contribution in [3.8, 4) is 0 Å². The maximum absolute atomic E-state index is 13.4. The van der Waals surface area contributed by atoms with E-state index in [0.717, 1.165) is 45.4 Å². The van der Waals surface area contributed by atoms with Gasteiger partial charge in [-0.25, -0.2) is 5.10 Å². The van der Waals surface area contributed by atoms with Gasteiger partial charge in [0.25, 0.3) is 11.5 Å². The van der Waals surface area contributed by atoms with E-state index in [4.69, 9.17) is 0 Å². The molecule has 0 unspecified atom stereocenters. The van der Waals surface area contributed by atoms with Crippen LogP contribution in [-0.4, -0.2) is 51.6 Å². The summed E-state index contributed by atoms with van der Waals surface area (Å²) in [5.74, 6) is 0.438. The molecule has 2 atom stereocenters. The van der Waals surface area contributed by atoms with E-state index in [-0.39, 0.29) is 17.5 Å². The number of carbonyl (C=O) groups is 1. The average Bonchev–Trinajstić information content (AvgIpc) is 3.26. The van der Waals surface area contributed by atoms with E-state index in [1.807, 2.05) is 23.1 Å². The Morgan fingerprint density at radius 2 is 2.03 bits per heavy atom. The van der Waals surface area contributed by atoms with Crippen LogP contribution < -0.4 is 5.56 Å². The molecular weight excluding hydrogens is 384 g/mol. The molecule has 6 nitrogen and oxygen atoms in total. The Balaban J connectivity index is 1.38. The van der Waals surface area contributed by atoms with Crippen molar-refractivity contribution >= 4 is 28.0 Å². The van der Waals surface area contributed by atoms with Gasteiger partial charge in [0.05, 0.1) is 5.39 Å². The van der Waals surface area contributed by atoms with Gasteiger partial charge in [-0.15, -0.1) is 0 Å². The molecule has 2 aliphatic rings. The fourth-order valence-corrected chi connectivity index (χ4v) is 5.59. The van der Waals surface area contributed by atoms with Gasteiger partial charge in [0.15, 0.2) is 5.69 Å². The van der Waals surface area contributed by atoms with Crippen LogP contribution in [-0.2, 0) is 6.54 Å². The fraction of sp³-hybridized carbons (Fsp3) is 0.409. The lowest BCUT2D eigenvalue weighted by Gasteiger charge is -2.47. The molecule has 1 N–H and O–H groups in total. The summed E-state index contributed by atoms with van der Waals surface area (Å²) in [6.07, 6.45) is 3.16. The number of aromatic amines is 1. The minimum Gasteiger partial charge on any atom is -0.334 e. The van der Waals surface area contributed by atoms with Crippen LogP contribution in [0.5, 0.6) is 0 Å². The number of carbonyl (C=O) groups excluding carboxylic acids is 1. The normalized spacial score (nSPS) is 22.6. The lowest BCUT2D eigenvalue weighted by Crippen LogP contribution is -2.55. The van der Waals surface area contributed by atoms with Crippen LogP contribution in [0, 0.1) is 5.92 Å². The van der Waals surface area contributed by atoms with Crippen molar-refractivity contribution in [3.05, 3.63) is 62.7 Å². The van der Waals surface area contributed by atoms with Crippen molar-refractivity contribution in [3.63, 3.8) is 0 Å². The molecule has 2 fully saturated rings. The zero-order valence-corrected chi connectivity index (χ0v) is 17.0. The van der Waals surface area contributed by atoms with Crippen molar-refractivity contribution in [1.29, 1.82) is 0 Å². The monoisotopic (exact) mass is 408 g/mol. The lowest BCUT2D eigenvalue weighted by atomic mass is 9.83. The molecule has 1 aromatic carbocycles. The SMILES string of the molecule is O=C(c1n[nH]c(=O)c2ccccc12)N1CCC[C@@H]2CN(Cc3ccsc3)CC[C@H]21. The van der Waals surface area contributed by atoms with E-state index in [2.05, 4.69) is 31.9 Å². The first kappa shape index (κ1) is 18.5. The van der Waals surface area contributed by atoms with Gasteiger partial charge in [-0.1, -0.05) is 18.2 Å². The summed E-state index contributed by atoms with van der Waals surface area (Å²) < 4.78 is 0. The Labute approximate surface area is 173 Å². The van der Waals surface area contributed by atoms with Crippen LogP contribution in [0.2, 0.25) is 0 Å². The quantitative estimate of drug-likeness (QED) is 0.723. The predicted octanol–water partition coefficient (Wildman–Crippen LogP) is 3.11. The van der Waals surface area contributed by atoms with Gasteiger partial charge < -0.3 is 4.90 Å². The molecule has 0 saturated carbocycles. The Morgan fingerprint density at radius 3 is 2.86 bits per heavy atom. The topological polar surface area (TPSA) is 69.3 Å². The number of nitrogens with zero attached hydrogens (tertiary/aromatic N) is 3. The minimum absolute atomic E-state index is 0.0570. The molecule has 3 aromatic rings. The maximum atomic E-state index is 13.4. The van der Waals surface area contributed by atoms with Gasteiger partial charge in [-0.2, -0.15) is 16.4 Å². The van der Waals surface area contributed by atoms with Crippen molar-refractivity contribution in [2.24, 2.45) is 5.92 Å². The van der Waals surface area contributed by atoms with Gasteiger partial charge in [0.2, 0.25) is 0 Å². The number of amides is 1. The molecular formula is C22H24N4O2S. The highest BCUT2D eigenvalue weighted by Crippen LogP contribution is 2.32. The third-order valence-electron chi connectivity index (χ3n) is 6.30. The Kier molecular flexibility index (Phi) is 4.93. The summed E-state index contributed by atoms with van der Waals surface area (Å²) in [6.45, 7) is 3.79. The molecule has 7 heteroatoms. The van der Waals surface area contributed by atoms with Gasteiger partial charge in [0, 0.05) is 37.6 Å². The number of thiophene rings is 1. The second-order valence-electron chi connectivity index (χ2n) is 8.07. The number of aromatic nitrogens is 2. The Hall–Kier alpha value is -2.51. The summed E-state index contributed by atoms with van der Waals surface area (Å²) in [5.41, 5.74) is 1.48. The number of hydrogen-bond acceptors (Lipinski definition) is 5. The van der Waals surface area contributed by atoms with E-state index in [9.17, 15) is 9.59 Å². The first-order valence-corrected chi connectivity index (χ1v) is 11.2. The van der Waals surface area contributed by atoms with Crippen LogP contribution in [0.15, 0.2) is 45.9 Å². The molecule has 2 aromatic heterocycles. The van der Waals surface area contributed by atoms with Crippen LogP contribution >= 0.6 is 11.3 Å². The summed E-state index contributed by atoms with van der Waals surface area (Å²) in [6, 6.07) is 9.67. The van der Waals surface area contributed by atoms with Crippen LogP contribution in [0.25, 0.3) is 10.8 Å².